The number of rotatable bonds is 9. The van der Waals surface area contributed by atoms with Crippen LogP contribution in [0.2, 0.25) is 0 Å². The molecule has 2 aromatic carbocycles. The van der Waals surface area contributed by atoms with Gasteiger partial charge in [0.05, 0.1) is 12.7 Å². The second-order valence-corrected chi connectivity index (χ2v) is 17.7. The van der Waals surface area contributed by atoms with Crippen molar-refractivity contribution in [3.8, 4) is 11.5 Å². The van der Waals surface area contributed by atoms with Gasteiger partial charge in [0.2, 0.25) is 11.8 Å². The summed E-state index contributed by atoms with van der Waals surface area (Å²) in [5.41, 5.74) is 1.94. The van der Waals surface area contributed by atoms with Gasteiger partial charge < -0.3 is 37.9 Å². The van der Waals surface area contributed by atoms with E-state index in [9.17, 15) is 35.9 Å². The van der Waals surface area contributed by atoms with Crippen molar-refractivity contribution in [2.24, 2.45) is 37.8 Å². The van der Waals surface area contributed by atoms with Crippen LogP contribution in [0.4, 0.5) is 32.0 Å². The van der Waals surface area contributed by atoms with Gasteiger partial charge in [-0.2, -0.15) is 9.97 Å². The molecule has 0 amide bonds. The van der Waals surface area contributed by atoms with E-state index in [1.54, 1.807) is 47.8 Å². The number of anilines is 1. The van der Waals surface area contributed by atoms with E-state index in [4.69, 9.17) is 9.05 Å². The Labute approximate surface area is 404 Å². The van der Waals surface area contributed by atoms with E-state index in [2.05, 4.69) is 70.9 Å². The molecule has 6 aromatic heterocycles. The number of nitrogens with zero attached hydrogens (tertiary/aromatic N) is 13. The third kappa shape index (κ3) is 10.2. The summed E-state index contributed by atoms with van der Waals surface area (Å²) in [6, 6.07) is 11.5. The van der Waals surface area contributed by atoms with Crippen molar-refractivity contribution < 1.29 is 44.9 Å². The summed E-state index contributed by atoms with van der Waals surface area (Å²) in [5.74, 6) is 3.99. The molecule has 1 N–H and O–H groups in total. The Morgan fingerprint density at radius 2 is 1.13 bits per heavy atom. The van der Waals surface area contributed by atoms with Crippen LogP contribution in [-0.4, -0.2) is 97.4 Å². The molecule has 6 atom stereocenters. The number of ether oxygens (including phenoxy) is 2. The van der Waals surface area contributed by atoms with Crippen molar-refractivity contribution in [3.63, 3.8) is 0 Å². The van der Waals surface area contributed by atoms with Gasteiger partial charge in [0.1, 0.15) is 37.2 Å². The van der Waals surface area contributed by atoms with Gasteiger partial charge in [-0.25, -0.2) is 19.9 Å². The highest BCUT2D eigenvalue weighted by atomic mass is 79.9. The average molecular weight is 1060 g/mol. The zero-order valence-electron chi connectivity index (χ0n) is 36.5. The molecular formula is C42H38BrClF6N14O6. The summed E-state index contributed by atoms with van der Waals surface area (Å²) in [4.78, 5) is 52.7. The molecular weight excluding hydrogens is 1030 g/mol. The number of hydrogen-bond acceptors (Lipinski definition) is 16. The fourth-order valence-corrected chi connectivity index (χ4v) is 9.44. The van der Waals surface area contributed by atoms with Crippen molar-refractivity contribution in [3.05, 3.63) is 122 Å². The highest BCUT2D eigenvalue weighted by Gasteiger charge is 2.59. The summed E-state index contributed by atoms with van der Waals surface area (Å²) >= 11 is 3.02. The first-order valence-corrected chi connectivity index (χ1v) is 22.0. The number of halogens is 8. The number of fused-ring (bicyclic) bond motifs is 4. The number of nitrogens with one attached hydrogen (secondary N) is 1. The zero-order chi connectivity index (χ0) is 48.4. The fraction of sp³-hybridized carbons (Fsp3) is 0.381. The van der Waals surface area contributed by atoms with Crippen LogP contribution in [0.5, 0.6) is 11.5 Å². The Balaban J connectivity index is 0.000000145. The molecule has 0 bridgehead atoms. The highest BCUT2D eigenvalue weighted by molar-refractivity contribution is 9.10. The Bertz CT molecular complexity index is 3280. The van der Waals surface area contributed by atoms with Crippen molar-refractivity contribution in [1.29, 1.82) is 0 Å². The SMILES string of the molecule is Cl.Cn1cnc2ncn(Cc3nc(C4[C@H]5CN(c6cccc(OC(F)(F)F)c6)C[C@@H]45)no3)c(=O)c21.Cn1cnc2ncn(Cc3nc(C4[C@H]5CNC[C@@H]45)no3)c(=O)c21.FC(F)(F)Oc1cccc(Br)c1. The Morgan fingerprint density at radius 3 is 1.61 bits per heavy atom. The number of piperidine rings is 2. The maximum absolute atomic E-state index is 12.7. The molecule has 2 saturated heterocycles. The molecule has 8 heterocycles. The minimum Gasteiger partial charge on any atom is -0.406 e. The second-order valence-electron chi connectivity index (χ2n) is 16.8. The van der Waals surface area contributed by atoms with Gasteiger partial charge in [-0.15, -0.1) is 38.7 Å². The molecule has 0 spiro atoms. The van der Waals surface area contributed by atoms with Gasteiger partial charge in [0.25, 0.3) is 11.1 Å². The topological polar surface area (TPSA) is 217 Å². The largest absolute Gasteiger partial charge is 0.573 e. The second kappa shape index (κ2) is 18.8. The third-order valence-electron chi connectivity index (χ3n) is 12.3. The number of aromatic nitrogens is 12. The lowest BCUT2D eigenvalue weighted by atomic mass is 10.2. The molecule has 2 unspecified atom stereocenters. The van der Waals surface area contributed by atoms with E-state index < -0.39 is 12.7 Å². The number of alkyl halides is 6. The van der Waals surface area contributed by atoms with Crippen LogP contribution in [0.3, 0.4) is 0 Å². The predicted molar refractivity (Wildman–Crippen MR) is 238 cm³/mol. The maximum Gasteiger partial charge on any atom is 0.573 e. The van der Waals surface area contributed by atoms with Crippen LogP contribution in [0.25, 0.3) is 22.3 Å². The molecule has 28 heteroatoms. The third-order valence-corrected chi connectivity index (χ3v) is 12.8. The van der Waals surface area contributed by atoms with Crippen molar-refractivity contribution in [1.82, 2.24) is 63.8 Å². The molecule has 20 nitrogen and oxygen atoms in total. The van der Waals surface area contributed by atoms with E-state index >= 15 is 0 Å². The van der Waals surface area contributed by atoms with Gasteiger partial charge in [-0.1, -0.05) is 38.4 Å². The lowest BCUT2D eigenvalue weighted by molar-refractivity contribution is -0.275. The maximum atomic E-state index is 12.7. The first kappa shape index (κ1) is 48.2. The molecule has 0 radical (unpaired) electrons. The summed E-state index contributed by atoms with van der Waals surface area (Å²) in [7, 11) is 3.50. The normalized spacial score (nSPS) is 21.0. The Kier molecular flexibility index (Phi) is 12.9. The molecule has 368 valence electrons. The van der Waals surface area contributed by atoms with E-state index in [-0.39, 0.29) is 65.9 Å². The number of benzene rings is 2. The summed E-state index contributed by atoms with van der Waals surface area (Å²) in [6.07, 6.45) is -3.37. The molecule has 2 aliphatic carbocycles. The van der Waals surface area contributed by atoms with E-state index in [0.29, 0.717) is 80.9 Å². The predicted octanol–water partition coefficient (Wildman–Crippen LogP) is 5.57. The summed E-state index contributed by atoms with van der Waals surface area (Å²) in [5, 5.41) is 11.5. The van der Waals surface area contributed by atoms with Crippen LogP contribution in [0, 0.1) is 23.7 Å². The minimum absolute atomic E-state index is 0. The Morgan fingerprint density at radius 1 is 0.671 bits per heavy atom. The molecule has 2 saturated carbocycles. The zero-order valence-corrected chi connectivity index (χ0v) is 38.9. The standard InChI is InChI=1S/C21H18F3N7O3.C14H15N7O2.C7H4BrF3O.ClH/c1-29-9-25-19-17(29)20(32)31(10-26-19)8-15-27-18(28-34-15)16-13-6-30(7-14(13)16)11-3-2-4-12(5-11)33-21(22,23)24;1-20-5-16-13-11(20)14(22)21(6-17-13)4-9-18-12(19-23-9)10-7-2-15-3-8(7)10;8-5-2-1-3-6(4-5)12-7(9,10)11;/h2-5,9-10,13-14,16H,6-8H2,1H3;5-8,10,15H,2-4H2,1H3;1-4H;1H/t13-,14+,16?;7-,8+,10?;;. The van der Waals surface area contributed by atoms with Gasteiger partial charge in [0, 0.05) is 55.2 Å². The van der Waals surface area contributed by atoms with E-state index in [1.807, 2.05) is 4.90 Å². The molecule has 2 aliphatic heterocycles. The first-order chi connectivity index (χ1) is 33.0. The summed E-state index contributed by atoms with van der Waals surface area (Å²) < 4.78 is 97.5. The number of imidazole rings is 2. The lowest BCUT2D eigenvalue weighted by Gasteiger charge is -2.22. The molecule has 4 aliphatic rings. The fourth-order valence-electron chi connectivity index (χ4n) is 9.06. The van der Waals surface area contributed by atoms with E-state index in [1.165, 1.54) is 58.4 Å². The van der Waals surface area contributed by atoms with Crippen molar-refractivity contribution >= 4 is 56.4 Å². The van der Waals surface area contributed by atoms with Crippen molar-refractivity contribution in [2.45, 2.75) is 37.7 Å². The van der Waals surface area contributed by atoms with Crippen LogP contribution in [0.1, 0.15) is 35.3 Å². The van der Waals surface area contributed by atoms with Crippen LogP contribution in [0.15, 0.2) is 96.9 Å². The molecule has 8 aromatic rings. The van der Waals surface area contributed by atoms with Crippen LogP contribution < -0.4 is 30.8 Å². The minimum atomic E-state index is -4.72. The van der Waals surface area contributed by atoms with Crippen molar-refractivity contribution in [2.75, 3.05) is 31.1 Å². The van der Waals surface area contributed by atoms with E-state index in [0.717, 1.165) is 18.9 Å². The van der Waals surface area contributed by atoms with Gasteiger partial charge in [0.15, 0.2) is 34.0 Å². The smallest absolute Gasteiger partial charge is 0.406 e. The quantitative estimate of drug-likeness (QED) is 0.175. The molecule has 70 heavy (non-hydrogen) atoms. The summed E-state index contributed by atoms with van der Waals surface area (Å²) in [6.45, 7) is 3.73. The van der Waals surface area contributed by atoms with Gasteiger partial charge in [-0.05, 0) is 67.1 Å². The van der Waals surface area contributed by atoms with Gasteiger partial charge >= 0.3 is 12.7 Å². The molecule has 12 rings (SSSR count). The number of hydrogen-bond donors (Lipinski definition) is 1. The lowest BCUT2D eigenvalue weighted by Crippen LogP contribution is -2.24. The first-order valence-electron chi connectivity index (χ1n) is 21.2. The number of aryl methyl sites for hydroxylation is 2. The average Bonchev–Trinajstić information content (AvgIpc) is 3.85. The Hall–Kier alpha value is -6.87. The van der Waals surface area contributed by atoms with Gasteiger partial charge in [-0.3, -0.25) is 18.7 Å². The highest BCUT2D eigenvalue weighted by Crippen LogP contribution is 2.58. The monoisotopic (exact) mass is 1060 g/mol. The van der Waals surface area contributed by atoms with Crippen LogP contribution in [-0.2, 0) is 27.2 Å². The van der Waals surface area contributed by atoms with Crippen LogP contribution >= 0.6 is 28.3 Å². The molecule has 4 fully saturated rings.